The lowest BCUT2D eigenvalue weighted by atomic mass is 10.1. The molecule has 0 aliphatic rings. The summed E-state index contributed by atoms with van der Waals surface area (Å²) in [6.45, 7) is 0. The van der Waals surface area contributed by atoms with Crippen LogP contribution in [-0.4, -0.2) is 14.7 Å². The lowest BCUT2D eigenvalue weighted by Gasteiger charge is -2.12. The number of pyridine rings is 1. The van der Waals surface area contributed by atoms with Crippen LogP contribution in [0.4, 0.5) is 4.39 Å². The number of nitrogens with zero attached hydrogens (tertiary/aromatic N) is 2. The van der Waals surface area contributed by atoms with Gasteiger partial charge in [-0.2, -0.15) is 0 Å². The van der Waals surface area contributed by atoms with Crippen molar-refractivity contribution in [3.05, 3.63) is 75.7 Å². The molecule has 2 aromatic carbocycles. The van der Waals surface area contributed by atoms with Crippen molar-refractivity contribution >= 4 is 42.8 Å². The quantitative estimate of drug-likeness (QED) is 0.368. The highest BCUT2D eigenvalue weighted by Crippen LogP contribution is 2.45. The van der Waals surface area contributed by atoms with Crippen LogP contribution in [-0.2, 0) is 0 Å². The van der Waals surface area contributed by atoms with E-state index in [1.54, 1.807) is 12.1 Å². The Labute approximate surface area is 160 Å². The average molecular weight is 462 g/mol. The summed E-state index contributed by atoms with van der Waals surface area (Å²) in [5.41, 5.74) is 3.27. The first-order chi connectivity index (χ1) is 12.1. The van der Waals surface area contributed by atoms with Crippen molar-refractivity contribution in [1.29, 1.82) is 0 Å². The van der Waals surface area contributed by atoms with E-state index in [2.05, 4.69) is 36.8 Å². The molecule has 0 radical (unpaired) electrons. The molecule has 1 N–H and O–H groups in total. The largest absolute Gasteiger partial charge is 0.506 e. The Hall–Kier alpha value is -2.18. The fourth-order valence-corrected chi connectivity index (χ4v) is 4.19. The van der Waals surface area contributed by atoms with Crippen LogP contribution in [0.2, 0.25) is 0 Å². The number of aromatic nitrogens is 2. The molecule has 0 spiro atoms. The molecular formula is C19H11Br2FN2O. The maximum atomic E-state index is 13.4. The van der Waals surface area contributed by atoms with Crippen molar-refractivity contribution in [3.8, 4) is 22.7 Å². The van der Waals surface area contributed by atoms with Crippen molar-refractivity contribution in [3.63, 3.8) is 0 Å². The minimum atomic E-state index is -0.298. The zero-order valence-corrected chi connectivity index (χ0v) is 15.9. The second-order valence-electron chi connectivity index (χ2n) is 5.50. The summed E-state index contributed by atoms with van der Waals surface area (Å²) in [7, 11) is 0. The van der Waals surface area contributed by atoms with Crippen molar-refractivity contribution < 1.29 is 9.50 Å². The molecule has 2 aromatic heterocycles. The number of halogens is 3. The fraction of sp³-hybridized carbons (Fsp3) is 0. The molecule has 2 heterocycles. The summed E-state index contributed by atoms with van der Waals surface area (Å²) < 4.78 is 16.7. The zero-order valence-electron chi connectivity index (χ0n) is 12.7. The second kappa shape index (κ2) is 6.28. The van der Waals surface area contributed by atoms with Gasteiger partial charge in [0.25, 0.3) is 0 Å². The van der Waals surface area contributed by atoms with Gasteiger partial charge in [-0.15, -0.1) is 0 Å². The van der Waals surface area contributed by atoms with Gasteiger partial charge in [-0.3, -0.25) is 0 Å². The van der Waals surface area contributed by atoms with Crippen LogP contribution in [0.25, 0.3) is 27.8 Å². The van der Waals surface area contributed by atoms with Gasteiger partial charge < -0.3 is 9.67 Å². The minimum absolute atomic E-state index is 0.0723. The summed E-state index contributed by atoms with van der Waals surface area (Å²) in [6, 6.07) is 16.0. The van der Waals surface area contributed by atoms with E-state index in [0.717, 1.165) is 26.9 Å². The van der Waals surface area contributed by atoms with E-state index in [1.807, 2.05) is 34.9 Å². The summed E-state index contributed by atoms with van der Waals surface area (Å²) in [6.07, 6.45) is 1.40. The number of benzene rings is 2. The molecule has 0 bridgehead atoms. The van der Waals surface area contributed by atoms with E-state index in [9.17, 15) is 9.50 Å². The lowest BCUT2D eigenvalue weighted by molar-refractivity contribution is 0.479. The van der Waals surface area contributed by atoms with Crippen molar-refractivity contribution in [2.75, 3.05) is 0 Å². The minimum Gasteiger partial charge on any atom is -0.506 e. The summed E-state index contributed by atoms with van der Waals surface area (Å²) in [4.78, 5) is 4.22. The molecule has 0 aliphatic carbocycles. The number of rotatable bonds is 2. The number of hydrogen-bond donors (Lipinski definition) is 1. The Bertz CT molecular complexity index is 1080. The predicted molar refractivity (Wildman–Crippen MR) is 104 cm³/mol. The van der Waals surface area contributed by atoms with Crippen LogP contribution in [0.5, 0.6) is 5.75 Å². The molecule has 6 heteroatoms. The Balaban J connectivity index is 2.18. The monoisotopic (exact) mass is 460 g/mol. The molecule has 0 aliphatic heterocycles. The van der Waals surface area contributed by atoms with Gasteiger partial charge in [-0.05, 0) is 73.8 Å². The molecule has 0 saturated carbocycles. The van der Waals surface area contributed by atoms with E-state index in [4.69, 9.17) is 0 Å². The van der Waals surface area contributed by atoms with E-state index in [1.165, 1.54) is 18.3 Å². The molecule has 0 atom stereocenters. The fourth-order valence-electron chi connectivity index (χ4n) is 2.92. The molecule has 0 unspecified atom stereocenters. The van der Waals surface area contributed by atoms with Gasteiger partial charge in [-0.25, -0.2) is 9.37 Å². The third-order valence-corrected chi connectivity index (χ3v) is 5.35. The molecule has 25 heavy (non-hydrogen) atoms. The maximum absolute atomic E-state index is 13.4. The highest BCUT2D eigenvalue weighted by Gasteiger charge is 2.23. The van der Waals surface area contributed by atoms with Crippen LogP contribution >= 0.6 is 31.9 Å². The van der Waals surface area contributed by atoms with E-state index in [-0.39, 0.29) is 11.6 Å². The van der Waals surface area contributed by atoms with Crippen LogP contribution in [0.15, 0.2) is 69.9 Å². The third-order valence-electron chi connectivity index (χ3n) is 4.00. The van der Waals surface area contributed by atoms with Gasteiger partial charge in [0, 0.05) is 5.69 Å². The van der Waals surface area contributed by atoms with Crippen LogP contribution in [0.3, 0.4) is 0 Å². The first-order valence-electron chi connectivity index (χ1n) is 7.46. The molecule has 0 saturated heterocycles. The van der Waals surface area contributed by atoms with E-state index >= 15 is 0 Å². The molecular weight excluding hydrogens is 451 g/mol. The van der Waals surface area contributed by atoms with Crippen molar-refractivity contribution in [2.45, 2.75) is 0 Å². The standard InChI is InChI=1S/C19H11Br2FN2O/c20-16-15-14(25)10-23-19(21)18(15)24(13-4-2-1-3-5-13)17(16)11-6-8-12(22)9-7-11/h1-10,25H. The molecule has 4 rings (SSSR count). The van der Waals surface area contributed by atoms with Gasteiger partial charge in [0.2, 0.25) is 0 Å². The number of aromatic hydroxyl groups is 1. The van der Waals surface area contributed by atoms with Gasteiger partial charge in [0.05, 0.1) is 27.3 Å². The van der Waals surface area contributed by atoms with Crippen LogP contribution in [0, 0.1) is 5.82 Å². The smallest absolute Gasteiger partial charge is 0.144 e. The summed E-state index contributed by atoms with van der Waals surface area (Å²) in [5.74, 6) is -0.226. The van der Waals surface area contributed by atoms with Gasteiger partial charge in [-0.1, -0.05) is 18.2 Å². The lowest BCUT2D eigenvalue weighted by Crippen LogP contribution is -1.98. The summed E-state index contributed by atoms with van der Waals surface area (Å²) >= 11 is 7.10. The van der Waals surface area contributed by atoms with Gasteiger partial charge in [0.1, 0.15) is 16.2 Å². The zero-order chi connectivity index (χ0) is 17.6. The van der Waals surface area contributed by atoms with Gasteiger partial charge in [0.15, 0.2) is 0 Å². The SMILES string of the molecule is Oc1cnc(Br)c2c1c(Br)c(-c1ccc(F)cc1)n2-c1ccccc1. The summed E-state index contributed by atoms with van der Waals surface area (Å²) in [5, 5.41) is 11.0. The van der Waals surface area contributed by atoms with Gasteiger partial charge >= 0.3 is 0 Å². The predicted octanol–water partition coefficient (Wildman–Crippen LogP) is 6.06. The molecule has 0 fully saturated rings. The van der Waals surface area contributed by atoms with Crippen LogP contribution in [0.1, 0.15) is 0 Å². The second-order valence-corrected chi connectivity index (χ2v) is 7.04. The number of fused-ring (bicyclic) bond motifs is 1. The van der Waals surface area contributed by atoms with E-state index in [0.29, 0.717) is 9.99 Å². The van der Waals surface area contributed by atoms with E-state index < -0.39 is 0 Å². The normalized spacial score (nSPS) is 11.2. The highest BCUT2D eigenvalue weighted by atomic mass is 79.9. The Morgan fingerprint density at radius 1 is 0.960 bits per heavy atom. The number of hydrogen-bond acceptors (Lipinski definition) is 2. The van der Waals surface area contributed by atoms with Crippen molar-refractivity contribution in [1.82, 2.24) is 9.55 Å². The Morgan fingerprint density at radius 3 is 2.32 bits per heavy atom. The Kier molecular flexibility index (Phi) is 4.09. The number of para-hydroxylation sites is 1. The first-order valence-corrected chi connectivity index (χ1v) is 9.05. The molecule has 0 amide bonds. The molecule has 4 aromatic rings. The maximum Gasteiger partial charge on any atom is 0.144 e. The Morgan fingerprint density at radius 2 is 1.64 bits per heavy atom. The molecule has 3 nitrogen and oxygen atoms in total. The average Bonchev–Trinajstić information content (AvgIpc) is 2.94. The van der Waals surface area contributed by atoms with Crippen molar-refractivity contribution in [2.24, 2.45) is 0 Å². The third kappa shape index (κ3) is 2.65. The first kappa shape index (κ1) is 16.3. The molecule has 124 valence electrons. The van der Waals surface area contributed by atoms with Crippen LogP contribution < -0.4 is 0 Å². The topological polar surface area (TPSA) is 38.1 Å². The highest BCUT2D eigenvalue weighted by molar-refractivity contribution is 9.11.